The van der Waals surface area contributed by atoms with Crippen molar-refractivity contribution in [2.24, 2.45) is 0 Å². The molecule has 0 N–H and O–H groups in total. The van der Waals surface area contributed by atoms with Gasteiger partial charge in [-0.15, -0.1) is 0 Å². The van der Waals surface area contributed by atoms with E-state index >= 15 is 0 Å². The Morgan fingerprint density at radius 3 is 1.14 bits per heavy atom. The summed E-state index contributed by atoms with van der Waals surface area (Å²) in [6.07, 6.45) is 66.1. The normalized spacial score (nSPS) is 12.6. The van der Waals surface area contributed by atoms with Crippen molar-refractivity contribution in [1.29, 1.82) is 0 Å². The van der Waals surface area contributed by atoms with Crippen LogP contribution in [0.3, 0.4) is 0 Å². The Labute approximate surface area is 395 Å². The zero-order chi connectivity index (χ0) is 46.5. The molecule has 0 amide bonds. The molecule has 1 atom stereocenters. The monoisotopic (exact) mass is 893 g/mol. The zero-order valence-corrected chi connectivity index (χ0v) is 42.0. The fourth-order valence-electron chi connectivity index (χ4n) is 7.55. The molecule has 0 aliphatic heterocycles. The van der Waals surface area contributed by atoms with E-state index in [9.17, 15) is 14.4 Å². The van der Waals surface area contributed by atoms with E-state index in [1.807, 2.05) is 30.4 Å². The van der Waals surface area contributed by atoms with Crippen molar-refractivity contribution < 1.29 is 28.6 Å². The first-order valence-electron chi connectivity index (χ1n) is 27.0. The maximum Gasteiger partial charge on any atom is 0.306 e. The van der Waals surface area contributed by atoms with E-state index in [0.717, 1.165) is 89.9 Å². The van der Waals surface area contributed by atoms with E-state index in [1.165, 1.54) is 128 Å². The smallest absolute Gasteiger partial charge is 0.306 e. The van der Waals surface area contributed by atoms with E-state index < -0.39 is 6.10 Å². The van der Waals surface area contributed by atoms with Crippen molar-refractivity contribution in [3.05, 3.63) is 72.9 Å². The summed E-state index contributed by atoms with van der Waals surface area (Å²) in [5, 5.41) is 0. The summed E-state index contributed by atoms with van der Waals surface area (Å²) in [6.45, 7) is 6.37. The number of allylic oxidation sites excluding steroid dienone is 12. The number of unbranched alkanes of at least 4 members (excludes halogenated alkanes) is 28. The van der Waals surface area contributed by atoms with Crippen LogP contribution in [0.2, 0.25) is 0 Å². The van der Waals surface area contributed by atoms with E-state index in [4.69, 9.17) is 14.2 Å². The van der Waals surface area contributed by atoms with Crippen LogP contribution in [0.1, 0.15) is 258 Å². The van der Waals surface area contributed by atoms with Gasteiger partial charge in [-0.3, -0.25) is 14.4 Å². The first kappa shape index (κ1) is 60.9. The third-order valence-corrected chi connectivity index (χ3v) is 11.6. The van der Waals surface area contributed by atoms with Crippen LogP contribution in [0.4, 0.5) is 0 Å². The maximum atomic E-state index is 12.8. The standard InChI is InChI=1S/C58H100O6/c1-4-7-10-13-16-19-22-25-27-28-29-30-31-34-36-39-42-45-48-51-57(60)63-54-55(53-62-56(59)50-47-44-41-38-35-32-24-21-18-15-12-9-6-3)64-58(61)52-49-46-43-40-37-33-26-23-20-17-14-11-8-5-2/h8-9,11-12,15,17-18,20-21,24,32,35,55H,4-7,10,13-14,16,19,22-23,25-31,33-34,36-54H2,1-3H3/b11-8-,12-9-,18-15-,20-17-,24-21-,35-32-. The molecular weight excluding hydrogens is 793 g/mol. The summed E-state index contributed by atoms with van der Waals surface area (Å²) in [5.74, 6) is -0.933. The van der Waals surface area contributed by atoms with Gasteiger partial charge in [-0.1, -0.05) is 248 Å². The summed E-state index contributed by atoms with van der Waals surface area (Å²) >= 11 is 0. The van der Waals surface area contributed by atoms with Gasteiger partial charge in [0.2, 0.25) is 0 Å². The minimum atomic E-state index is -0.794. The van der Waals surface area contributed by atoms with Gasteiger partial charge in [0.05, 0.1) is 0 Å². The molecule has 0 saturated carbocycles. The first-order chi connectivity index (χ1) is 31.5. The highest BCUT2D eigenvalue weighted by Gasteiger charge is 2.19. The second-order valence-corrected chi connectivity index (χ2v) is 17.8. The van der Waals surface area contributed by atoms with Crippen LogP contribution in [0, 0.1) is 0 Å². The molecule has 0 aromatic heterocycles. The number of rotatable bonds is 48. The first-order valence-corrected chi connectivity index (χ1v) is 27.0. The van der Waals surface area contributed by atoms with Gasteiger partial charge in [-0.2, -0.15) is 0 Å². The van der Waals surface area contributed by atoms with Gasteiger partial charge in [-0.05, 0) is 64.2 Å². The molecule has 64 heavy (non-hydrogen) atoms. The molecule has 0 heterocycles. The van der Waals surface area contributed by atoms with Crippen molar-refractivity contribution in [3.8, 4) is 0 Å². The Hall–Kier alpha value is -3.15. The third-order valence-electron chi connectivity index (χ3n) is 11.6. The SMILES string of the molecule is CC\C=C/C=C\C=C/C=C\CCCCCC(=O)OCC(COC(=O)CCCCCCCCCCCCCCCCCCCCC)OC(=O)CCCCCCCCC/C=C\C/C=C\CC. The minimum Gasteiger partial charge on any atom is -0.462 e. The van der Waals surface area contributed by atoms with E-state index in [-0.39, 0.29) is 31.1 Å². The van der Waals surface area contributed by atoms with Crippen molar-refractivity contribution in [3.63, 3.8) is 0 Å². The molecular formula is C58H100O6. The molecule has 0 fully saturated rings. The maximum absolute atomic E-state index is 12.8. The average Bonchev–Trinajstić information content (AvgIpc) is 3.29. The second-order valence-electron chi connectivity index (χ2n) is 17.8. The summed E-state index contributed by atoms with van der Waals surface area (Å²) in [7, 11) is 0. The highest BCUT2D eigenvalue weighted by Crippen LogP contribution is 2.16. The van der Waals surface area contributed by atoms with Crippen LogP contribution >= 0.6 is 0 Å². The Balaban J connectivity index is 4.37. The molecule has 0 aromatic rings. The Kier molecular flexibility index (Phi) is 49.9. The lowest BCUT2D eigenvalue weighted by Crippen LogP contribution is -2.30. The van der Waals surface area contributed by atoms with Crippen LogP contribution in [-0.2, 0) is 28.6 Å². The minimum absolute atomic E-state index is 0.0897. The van der Waals surface area contributed by atoms with Crippen LogP contribution in [0.5, 0.6) is 0 Å². The predicted molar refractivity (Wildman–Crippen MR) is 274 cm³/mol. The quantitative estimate of drug-likeness (QED) is 0.0199. The molecule has 0 aromatic carbocycles. The third kappa shape index (κ3) is 49.9. The molecule has 0 radical (unpaired) electrons. The summed E-state index contributed by atoms with van der Waals surface area (Å²) in [6, 6.07) is 0. The molecule has 368 valence electrons. The highest BCUT2D eigenvalue weighted by atomic mass is 16.6. The van der Waals surface area contributed by atoms with Crippen LogP contribution in [-0.4, -0.2) is 37.2 Å². The predicted octanol–water partition coefficient (Wildman–Crippen LogP) is 17.8. The molecule has 1 unspecified atom stereocenters. The number of ether oxygens (including phenoxy) is 3. The van der Waals surface area contributed by atoms with Crippen molar-refractivity contribution in [2.45, 2.75) is 264 Å². The van der Waals surface area contributed by atoms with Gasteiger partial charge in [-0.25, -0.2) is 0 Å². The molecule has 0 aliphatic carbocycles. The lowest BCUT2D eigenvalue weighted by atomic mass is 10.0. The van der Waals surface area contributed by atoms with E-state index in [0.29, 0.717) is 19.3 Å². The van der Waals surface area contributed by atoms with Gasteiger partial charge >= 0.3 is 17.9 Å². The molecule has 0 saturated heterocycles. The fourth-order valence-corrected chi connectivity index (χ4v) is 7.55. The van der Waals surface area contributed by atoms with Gasteiger partial charge in [0.25, 0.3) is 0 Å². The second kappa shape index (κ2) is 52.5. The summed E-state index contributed by atoms with van der Waals surface area (Å²) in [4.78, 5) is 38.0. The Morgan fingerprint density at radius 2 is 0.688 bits per heavy atom. The molecule has 6 heteroatoms. The van der Waals surface area contributed by atoms with E-state index in [1.54, 1.807) is 0 Å². The van der Waals surface area contributed by atoms with Crippen LogP contribution in [0.15, 0.2) is 72.9 Å². The molecule has 0 bridgehead atoms. The molecule has 0 spiro atoms. The number of esters is 3. The summed E-state index contributed by atoms with van der Waals surface area (Å²) < 4.78 is 16.8. The van der Waals surface area contributed by atoms with E-state index in [2.05, 4.69) is 63.3 Å². The van der Waals surface area contributed by atoms with Gasteiger partial charge in [0.1, 0.15) is 13.2 Å². The molecule has 6 nitrogen and oxygen atoms in total. The number of hydrogen-bond acceptors (Lipinski definition) is 6. The Bertz CT molecular complexity index is 1210. The number of carbonyl (C=O) groups excluding carboxylic acids is 3. The van der Waals surface area contributed by atoms with Crippen LogP contribution < -0.4 is 0 Å². The van der Waals surface area contributed by atoms with Gasteiger partial charge < -0.3 is 14.2 Å². The summed E-state index contributed by atoms with van der Waals surface area (Å²) in [5.41, 5.74) is 0. The largest absolute Gasteiger partial charge is 0.462 e. The molecule has 0 rings (SSSR count). The number of hydrogen-bond donors (Lipinski definition) is 0. The zero-order valence-electron chi connectivity index (χ0n) is 42.0. The van der Waals surface area contributed by atoms with Gasteiger partial charge in [0.15, 0.2) is 6.10 Å². The average molecular weight is 893 g/mol. The van der Waals surface area contributed by atoms with Crippen molar-refractivity contribution in [1.82, 2.24) is 0 Å². The molecule has 0 aliphatic rings. The fraction of sp³-hybridized carbons (Fsp3) is 0.741. The topological polar surface area (TPSA) is 78.9 Å². The van der Waals surface area contributed by atoms with Crippen molar-refractivity contribution >= 4 is 17.9 Å². The lowest BCUT2D eigenvalue weighted by molar-refractivity contribution is -0.167. The number of carbonyl (C=O) groups is 3. The van der Waals surface area contributed by atoms with Crippen molar-refractivity contribution in [2.75, 3.05) is 13.2 Å². The Morgan fingerprint density at radius 1 is 0.344 bits per heavy atom. The van der Waals surface area contributed by atoms with Crippen LogP contribution in [0.25, 0.3) is 0 Å². The lowest BCUT2D eigenvalue weighted by Gasteiger charge is -2.18. The van der Waals surface area contributed by atoms with Gasteiger partial charge in [0, 0.05) is 19.3 Å². The highest BCUT2D eigenvalue weighted by molar-refractivity contribution is 5.71.